The molecule has 6 nitrogen and oxygen atoms in total. The second kappa shape index (κ2) is 4.67. The third kappa shape index (κ3) is 2.73. The van der Waals surface area contributed by atoms with Crippen molar-refractivity contribution in [2.45, 2.75) is 19.4 Å². The summed E-state index contributed by atoms with van der Waals surface area (Å²) in [5.41, 5.74) is 5.69. The van der Waals surface area contributed by atoms with Crippen LogP contribution in [-0.2, 0) is 13.6 Å². The van der Waals surface area contributed by atoms with Gasteiger partial charge in [0.15, 0.2) is 5.82 Å². The smallest absolute Gasteiger partial charge is 0.188 e. The van der Waals surface area contributed by atoms with Crippen molar-refractivity contribution in [3.05, 3.63) is 5.82 Å². The van der Waals surface area contributed by atoms with Gasteiger partial charge in [0.1, 0.15) is 0 Å². The van der Waals surface area contributed by atoms with Crippen LogP contribution < -0.4 is 5.73 Å². The first-order valence-electron chi connectivity index (χ1n) is 5.43. The first-order valence-corrected chi connectivity index (χ1v) is 5.43. The fraction of sp³-hybridized carbons (Fsp3) is 0.889. The molecule has 6 heteroatoms. The van der Waals surface area contributed by atoms with Gasteiger partial charge in [0, 0.05) is 6.54 Å². The van der Waals surface area contributed by atoms with Crippen LogP contribution in [0.25, 0.3) is 0 Å². The molecule has 2 N–H and O–H groups in total. The van der Waals surface area contributed by atoms with Crippen LogP contribution in [0.1, 0.15) is 18.7 Å². The minimum Gasteiger partial charge on any atom is -0.330 e. The van der Waals surface area contributed by atoms with Gasteiger partial charge in [0.05, 0.1) is 13.6 Å². The van der Waals surface area contributed by atoms with Crippen molar-refractivity contribution in [2.75, 3.05) is 19.6 Å². The summed E-state index contributed by atoms with van der Waals surface area (Å²) in [5, 5.41) is 12.0. The molecular formula is C9H18N6. The van der Waals surface area contributed by atoms with Gasteiger partial charge in [-0.1, -0.05) is 0 Å². The molecular weight excluding hydrogens is 192 g/mol. The van der Waals surface area contributed by atoms with Crippen molar-refractivity contribution in [1.29, 1.82) is 0 Å². The molecule has 84 valence electrons. The largest absolute Gasteiger partial charge is 0.330 e. The van der Waals surface area contributed by atoms with Crippen molar-refractivity contribution in [3.8, 4) is 0 Å². The highest BCUT2D eigenvalue weighted by atomic mass is 15.6. The molecule has 15 heavy (non-hydrogen) atoms. The maximum absolute atomic E-state index is 5.69. The van der Waals surface area contributed by atoms with Gasteiger partial charge in [-0.3, -0.25) is 4.90 Å². The SMILES string of the molecule is Cn1nnc(CN2CCCC(CN)C2)n1. The standard InChI is InChI=1S/C9H18N6/c1-14-12-9(11-13-14)7-15-4-2-3-8(5-10)6-15/h8H,2-7,10H2,1H3. The number of nitrogens with zero attached hydrogens (tertiary/aromatic N) is 5. The molecule has 2 rings (SSSR count). The number of hydrogen-bond donors (Lipinski definition) is 1. The number of piperidine rings is 1. The zero-order valence-electron chi connectivity index (χ0n) is 9.13. The van der Waals surface area contributed by atoms with Gasteiger partial charge in [0.2, 0.25) is 0 Å². The number of aryl methyl sites for hydroxylation is 1. The molecule has 1 fully saturated rings. The Kier molecular flexibility index (Phi) is 3.27. The van der Waals surface area contributed by atoms with Crippen LogP contribution in [0.5, 0.6) is 0 Å². The van der Waals surface area contributed by atoms with E-state index in [9.17, 15) is 0 Å². The Hall–Kier alpha value is -1.01. The van der Waals surface area contributed by atoms with Crippen molar-refractivity contribution in [2.24, 2.45) is 18.7 Å². The summed E-state index contributed by atoms with van der Waals surface area (Å²) in [6, 6.07) is 0. The highest BCUT2D eigenvalue weighted by Crippen LogP contribution is 2.16. The quantitative estimate of drug-likeness (QED) is 0.720. The average molecular weight is 210 g/mol. The average Bonchev–Trinajstić information content (AvgIpc) is 2.64. The van der Waals surface area contributed by atoms with Gasteiger partial charge in [-0.2, -0.15) is 4.80 Å². The third-order valence-electron chi connectivity index (χ3n) is 2.85. The molecule has 0 amide bonds. The highest BCUT2D eigenvalue weighted by Gasteiger charge is 2.19. The van der Waals surface area contributed by atoms with Crippen LogP contribution in [0, 0.1) is 5.92 Å². The molecule has 0 radical (unpaired) electrons. The van der Waals surface area contributed by atoms with Crippen molar-refractivity contribution in [3.63, 3.8) is 0 Å². The third-order valence-corrected chi connectivity index (χ3v) is 2.85. The topological polar surface area (TPSA) is 72.9 Å². The minimum absolute atomic E-state index is 0.635. The van der Waals surface area contributed by atoms with Crippen molar-refractivity contribution < 1.29 is 0 Å². The second-order valence-electron chi connectivity index (χ2n) is 4.17. The minimum atomic E-state index is 0.635. The lowest BCUT2D eigenvalue weighted by Crippen LogP contribution is -2.38. The van der Waals surface area contributed by atoms with E-state index in [1.54, 1.807) is 7.05 Å². The lowest BCUT2D eigenvalue weighted by atomic mass is 9.98. The predicted molar refractivity (Wildman–Crippen MR) is 55.9 cm³/mol. The zero-order chi connectivity index (χ0) is 10.7. The Balaban J connectivity index is 1.88. The normalized spacial score (nSPS) is 23.2. The second-order valence-corrected chi connectivity index (χ2v) is 4.17. The molecule has 0 saturated carbocycles. The Bertz CT molecular complexity index is 309. The van der Waals surface area contributed by atoms with E-state index in [0.29, 0.717) is 5.92 Å². The van der Waals surface area contributed by atoms with Crippen molar-refractivity contribution >= 4 is 0 Å². The van der Waals surface area contributed by atoms with E-state index in [0.717, 1.165) is 32.0 Å². The van der Waals surface area contributed by atoms with Crippen LogP contribution in [0.3, 0.4) is 0 Å². The molecule has 0 spiro atoms. The van der Waals surface area contributed by atoms with Gasteiger partial charge in [0.25, 0.3) is 0 Å². The fourth-order valence-electron chi connectivity index (χ4n) is 2.07. The summed E-state index contributed by atoms with van der Waals surface area (Å²) in [7, 11) is 1.79. The first kappa shape index (κ1) is 10.5. The molecule has 1 atom stereocenters. The Morgan fingerprint density at radius 3 is 3.07 bits per heavy atom. The maximum atomic E-state index is 5.69. The molecule has 1 aliphatic heterocycles. The van der Waals surface area contributed by atoms with Crippen molar-refractivity contribution in [1.82, 2.24) is 25.1 Å². The van der Waals surface area contributed by atoms with E-state index >= 15 is 0 Å². The number of aromatic nitrogens is 4. The van der Waals surface area contributed by atoms with Gasteiger partial charge >= 0.3 is 0 Å². The number of hydrogen-bond acceptors (Lipinski definition) is 5. The first-order chi connectivity index (χ1) is 7.28. The van der Waals surface area contributed by atoms with Gasteiger partial charge in [-0.05, 0) is 37.1 Å². The molecule has 0 bridgehead atoms. The lowest BCUT2D eigenvalue weighted by Gasteiger charge is -2.30. The number of rotatable bonds is 3. The van der Waals surface area contributed by atoms with E-state index < -0.39 is 0 Å². The van der Waals surface area contributed by atoms with Gasteiger partial charge in [-0.15, -0.1) is 10.2 Å². The van der Waals surface area contributed by atoms with E-state index in [1.165, 1.54) is 17.6 Å². The van der Waals surface area contributed by atoms with Crippen LogP contribution in [0.4, 0.5) is 0 Å². The molecule has 2 heterocycles. The highest BCUT2D eigenvalue weighted by molar-refractivity contribution is 4.81. The Morgan fingerprint density at radius 2 is 2.40 bits per heavy atom. The monoisotopic (exact) mass is 210 g/mol. The van der Waals surface area contributed by atoms with Crippen LogP contribution in [0.2, 0.25) is 0 Å². The van der Waals surface area contributed by atoms with E-state index in [1.807, 2.05) is 0 Å². The van der Waals surface area contributed by atoms with Gasteiger partial charge in [-0.25, -0.2) is 0 Å². The van der Waals surface area contributed by atoms with E-state index in [2.05, 4.69) is 20.3 Å². The van der Waals surface area contributed by atoms with E-state index in [4.69, 9.17) is 5.73 Å². The molecule has 1 aliphatic rings. The molecule has 1 saturated heterocycles. The lowest BCUT2D eigenvalue weighted by molar-refractivity contribution is 0.167. The van der Waals surface area contributed by atoms with Crippen LogP contribution in [-0.4, -0.2) is 44.7 Å². The molecule has 1 aromatic heterocycles. The molecule has 0 aliphatic carbocycles. The summed E-state index contributed by atoms with van der Waals surface area (Å²) in [5.74, 6) is 1.44. The zero-order valence-corrected chi connectivity index (χ0v) is 9.13. The number of nitrogens with two attached hydrogens (primary N) is 1. The Morgan fingerprint density at radius 1 is 1.53 bits per heavy atom. The summed E-state index contributed by atoms with van der Waals surface area (Å²) in [6.07, 6.45) is 2.48. The van der Waals surface area contributed by atoms with Gasteiger partial charge < -0.3 is 5.73 Å². The van der Waals surface area contributed by atoms with Crippen LogP contribution in [0.15, 0.2) is 0 Å². The molecule has 1 unspecified atom stereocenters. The van der Waals surface area contributed by atoms with E-state index in [-0.39, 0.29) is 0 Å². The predicted octanol–water partition coefficient (Wildman–Crippen LogP) is -0.619. The summed E-state index contributed by atoms with van der Waals surface area (Å²) in [6.45, 7) is 3.76. The summed E-state index contributed by atoms with van der Waals surface area (Å²) < 4.78 is 0. The summed E-state index contributed by atoms with van der Waals surface area (Å²) in [4.78, 5) is 3.86. The maximum Gasteiger partial charge on any atom is 0.188 e. The van der Waals surface area contributed by atoms with Crippen LogP contribution >= 0.6 is 0 Å². The fourth-order valence-corrected chi connectivity index (χ4v) is 2.07. The molecule has 1 aromatic rings. The Labute approximate surface area is 89.4 Å². The molecule has 0 aromatic carbocycles. The number of likely N-dealkylation sites (tertiary alicyclic amines) is 1. The summed E-state index contributed by atoms with van der Waals surface area (Å²) >= 11 is 0. The number of tetrazole rings is 1.